The number of nitrogens with zero attached hydrogens (tertiary/aromatic N) is 1. The topological polar surface area (TPSA) is 23.5 Å². The van der Waals surface area contributed by atoms with E-state index < -0.39 is 0 Å². The van der Waals surface area contributed by atoms with Crippen LogP contribution in [0, 0.1) is 6.92 Å². The molecule has 2 nitrogen and oxygen atoms in total. The number of benzene rings is 2. The number of hydrogen-bond donors (Lipinski definition) is 1. The van der Waals surface area contributed by atoms with Gasteiger partial charge < -0.3 is 10.0 Å². The molecular weight excluding hydrogens is 246 g/mol. The minimum atomic E-state index is 0.0450. The van der Waals surface area contributed by atoms with Gasteiger partial charge in [-0.15, -0.1) is 0 Å². The van der Waals surface area contributed by atoms with Crippen molar-refractivity contribution in [3.63, 3.8) is 0 Å². The van der Waals surface area contributed by atoms with Gasteiger partial charge in [-0.2, -0.15) is 0 Å². The highest BCUT2D eigenvalue weighted by Gasteiger charge is 2.08. The number of anilines is 2. The largest absolute Gasteiger partial charge is 0.392 e. The van der Waals surface area contributed by atoms with Crippen LogP contribution < -0.4 is 4.90 Å². The zero-order valence-corrected chi connectivity index (χ0v) is 11.3. The van der Waals surface area contributed by atoms with Gasteiger partial charge >= 0.3 is 0 Å². The third kappa shape index (κ3) is 2.66. The molecule has 0 saturated carbocycles. The number of rotatable bonds is 3. The molecule has 0 unspecified atom stereocenters. The van der Waals surface area contributed by atoms with Gasteiger partial charge in [0.1, 0.15) is 0 Å². The maximum Gasteiger partial charge on any atom is 0.0682 e. The Morgan fingerprint density at radius 1 is 1.17 bits per heavy atom. The van der Waals surface area contributed by atoms with Crippen LogP contribution in [-0.2, 0) is 6.61 Å². The summed E-state index contributed by atoms with van der Waals surface area (Å²) in [5.74, 6) is 0. The van der Waals surface area contributed by atoms with Crippen LogP contribution in [0.2, 0.25) is 5.02 Å². The molecule has 0 spiro atoms. The van der Waals surface area contributed by atoms with E-state index in [0.29, 0.717) is 0 Å². The Labute approximate surface area is 112 Å². The molecule has 0 aromatic heterocycles. The molecule has 1 N–H and O–H groups in total. The average molecular weight is 262 g/mol. The third-order valence-corrected chi connectivity index (χ3v) is 3.25. The molecule has 2 aromatic carbocycles. The van der Waals surface area contributed by atoms with E-state index in [1.807, 2.05) is 61.3 Å². The van der Waals surface area contributed by atoms with Crippen molar-refractivity contribution < 1.29 is 5.11 Å². The molecule has 3 heteroatoms. The first-order valence-corrected chi connectivity index (χ1v) is 6.19. The predicted octanol–water partition coefficient (Wildman–Crippen LogP) is 3.91. The standard InChI is InChI=1S/C15H16ClNO/c1-11-6-7-15(14(16)8-11)17(2)13-5-3-4-12(9-13)10-18/h3-9,18H,10H2,1-2H3. The molecule has 0 radical (unpaired) electrons. The Kier molecular flexibility index (Phi) is 3.90. The Balaban J connectivity index is 2.37. The van der Waals surface area contributed by atoms with Crippen LogP contribution in [0.15, 0.2) is 42.5 Å². The molecule has 0 atom stereocenters. The summed E-state index contributed by atoms with van der Waals surface area (Å²) in [6.07, 6.45) is 0. The van der Waals surface area contributed by atoms with Gasteiger partial charge in [0.05, 0.1) is 17.3 Å². The molecule has 0 aliphatic rings. The molecule has 0 saturated heterocycles. The highest BCUT2D eigenvalue weighted by Crippen LogP contribution is 2.31. The van der Waals surface area contributed by atoms with E-state index in [4.69, 9.17) is 16.7 Å². The first kappa shape index (κ1) is 12.9. The predicted molar refractivity (Wildman–Crippen MR) is 76.6 cm³/mol. The molecule has 0 fully saturated rings. The second-order valence-corrected chi connectivity index (χ2v) is 4.75. The minimum absolute atomic E-state index is 0.0450. The molecule has 0 amide bonds. The summed E-state index contributed by atoms with van der Waals surface area (Å²) < 4.78 is 0. The van der Waals surface area contributed by atoms with Gasteiger partial charge in [0, 0.05) is 12.7 Å². The van der Waals surface area contributed by atoms with E-state index in [0.717, 1.165) is 27.5 Å². The zero-order chi connectivity index (χ0) is 13.1. The molecule has 2 aromatic rings. The summed E-state index contributed by atoms with van der Waals surface area (Å²) in [6, 6.07) is 13.8. The number of aliphatic hydroxyl groups is 1. The van der Waals surface area contributed by atoms with Crippen LogP contribution in [0.25, 0.3) is 0 Å². The van der Waals surface area contributed by atoms with Crippen LogP contribution in [0.1, 0.15) is 11.1 Å². The summed E-state index contributed by atoms with van der Waals surface area (Å²) in [7, 11) is 1.97. The highest BCUT2D eigenvalue weighted by molar-refractivity contribution is 6.33. The quantitative estimate of drug-likeness (QED) is 0.906. The number of halogens is 1. The smallest absolute Gasteiger partial charge is 0.0682 e. The Morgan fingerprint density at radius 3 is 2.61 bits per heavy atom. The van der Waals surface area contributed by atoms with E-state index >= 15 is 0 Å². The number of aliphatic hydroxyl groups excluding tert-OH is 1. The first-order chi connectivity index (χ1) is 8.61. The maximum absolute atomic E-state index is 9.16. The number of aryl methyl sites for hydroxylation is 1. The molecule has 0 heterocycles. The molecule has 0 aliphatic heterocycles. The fourth-order valence-electron chi connectivity index (χ4n) is 1.89. The Hall–Kier alpha value is -1.51. The van der Waals surface area contributed by atoms with Gasteiger partial charge in [0.25, 0.3) is 0 Å². The molecule has 0 aliphatic carbocycles. The van der Waals surface area contributed by atoms with Gasteiger partial charge in [-0.3, -0.25) is 0 Å². The van der Waals surface area contributed by atoms with Crippen molar-refractivity contribution in [2.75, 3.05) is 11.9 Å². The number of hydrogen-bond acceptors (Lipinski definition) is 2. The van der Waals surface area contributed by atoms with E-state index in [2.05, 4.69) is 0 Å². The maximum atomic E-state index is 9.16. The van der Waals surface area contributed by atoms with Gasteiger partial charge in [0.15, 0.2) is 0 Å². The van der Waals surface area contributed by atoms with Crippen LogP contribution in [0.5, 0.6) is 0 Å². The summed E-state index contributed by atoms with van der Waals surface area (Å²) in [4.78, 5) is 2.01. The van der Waals surface area contributed by atoms with Crippen molar-refractivity contribution >= 4 is 23.0 Å². The van der Waals surface area contributed by atoms with E-state index in [-0.39, 0.29) is 6.61 Å². The molecular formula is C15H16ClNO. The Morgan fingerprint density at radius 2 is 1.94 bits per heavy atom. The van der Waals surface area contributed by atoms with Crippen LogP contribution >= 0.6 is 11.6 Å². The van der Waals surface area contributed by atoms with Gasteiger partial charge in [-0.1, -0.05) is 29.8 Å². The van der Waals surface area contributed by atoms with Crippen molar-refractivity contribution in [2.45, 2.75) is 13.5 Å². The van der Waals surface area contributed by atoms with Crippen LogP contribution in [0.4, 0.5) is 11.4 Å². The summed E-state index contributed by atoms with van der Waals surface area (Å²) >= 11 is 6.26. The van der Waals surface area contributed by atoms with E-state index in [1.54, 1.807) is 0 Å². The first-order valence-electron chi connectivity index (χ1n) is 5.81. The minimum Gasteiger partial charge on any atom is -0.392 e. The van der Waals surface area contributed by atoms with Gasteiger partial charge in [-0.05, 0) is 42.3 Å². The van der Waals surface area contributed by atoms with Crippen molar-refractivity contribution in [3.8, 4) is 0 Å². The van der Waals surface area contributed by atoms with Crippen molar-refractivity contribution in [2.24, 2.45) is 0 Å². The van der Waals surface area contributed by atoms with E-state index in [1.165, 1.54) is 0 Å². The average Bonchev–Trinajstić information content (AvgIpc) is 2.38. The highest BCUT2D eigenvalue weighted by atomic mass is 35.5. The second-order valence-electron chi connectivity index (χ2n) is 4.34. The summed E-state index contributed by atoms with van der Waals surface area (Å²) in [6.45, 7) is 2.06. The van der Waals surface area contributed by atoms with Crippen molar-refractivity contribution in [1.82, 2.24) is 0 Å². The fraction of sp³-hybridized carbons (Fsp3) is 0.200. The van der Waals surface area contributed by atoms with Crippen LogP contribution in [0.3, 0.4) is 0 Å². The lowest BCUT2D eigenvalue weighted by atomic mass is 10.1. The van der Waals surface area contributed by atoms with E-state index in [9.17, 15) is 0 Å². The molecule has 0 bridgehead atoms. The lowest BCUT2D eigenvalue weighted by Gasteiger charge is -2.21. The third-order valence-electron chi connectivity index (χ3n) is 2.94. The van der Waals surface area contributed by atoms with Crippen LogP contribution in [-0.4, -0.2) is 12.2 Å². The molecule has 18 heavy (non-hydrogen) atoms. The lowest BCUT2D eigenvalue weighted by Crippen LogP contribution is -2.10. The Bertz CT molecular complexity index is 554. The van der Waals surface area contributed by atoms with Gasteiger partial charge in [-0.25, -0.2) is 0 Å². The normalized spacial score (nSPS) is 10.4. The molecule has 2 rings (SSSR count). The fourth-order valence-corrected chi connectivity index (χ4v) is 2.25. The van der Waals surface area contributed by atoms with Crippen molar-refractivity contribution in [1.29, 1.82) is 0 Å². The summed E-state index contributed by atoms with van der Waals surface area (Å²) in [5.41, 5.74) is 3.99. The molecule has 94 valence electrons. The zero-order valence-electron chi connectivity index (χ0n) is 10.5. The second kappa shape index (κ2) is 5.42. The van der Waals surface area contributed by atoms with Gasteiger partial charge in [0.2, 0.25) is 0 Å². The lowest BCUT2D eigenvalue weighted by molar-refractivity contribution is 0.282. The monoisotopic (exact) mass is 261 g/mol. The summed E-state index contributed by atoms with van der Waals surface area (Å²) in [5, 5.41) is 9.89. The van der Waals surface area contributed by atoms with Crippen molar-refractivity contribution in [3.05, 3.63) is 58.6 Å². The SMILES string of the molecule is Cc1ccc(N(C)c2cccc(CO)c2)c(Cl)c1.